The molecule has 3 nitrogen and oxygen atoms in total. The van der Waals surface area contributed by atoms with E-state index in [2.05, 4.69) is 0 Å². The van der Waals surface area contributed by atoms with E-state index >= 15 is 0 Å². The van der Waals surface area contributed by atoms with Crippen LogP contribution in [0.15, 0.2) is 54.6 Å². The van der Waals surface area contributed by atoms with E-state index in [-0.39, 0.29) is 18.2 Å². The molecule has 20 heavy (non-hydrogen) atoms. The van der Waals surface area contributed by atoms with Crippen LogP contribution in [0.25, 0.3) is 0 Å². The van der Waals surface area contributed by atoms with E-state index in [4.69, 9.17) is 0 Å². The highest BCUT2D eigenvalue weighted by atomic mass is 16.2. The zero-order chi connectivity index (χ0) is 13.9. The van der Waals surface area contributed by atoms with E-state index in [9.17, 15) is 9.59 Å². The maximum Gasteiger partial charge on any atom is 0.254 e. The van der Waals surface area contributed by atoms with Crippen LogP contribution in [0.3, 0.4) is 0 Å². The van der Waals surface area contributed by atoms with Crippen molar-refractivity contribution < 1.29 is 9.59 Å². The van der Waals surface area contributed by atoms with Crippen molar-refractivity contribution in [2.24, 2.45) is 0 Å². The Bertz CT molecular complexity index is 649. The Morgan fingerprint density at radius 3 is 2.50 bits per heavy atom. The van der Waals surface area contributed by atoms with Crippen LogP contribution in [0.4, 0.5) is 0 Å². The van der Waals surface area contributed by atoms with Gasteiger partial charge in [-0.2, -0.15) is 0 Å². The Morgan fingerprint density at radius 2 is 1.70 bits per heavy atom. The van der Waals surface area contributed by atoms with Crippen molar-refractivity contribution in [3.05, 3.63) is 71.3 Å². The maximum absolute atomic E-state index is 12.4. The van der Waals surface area contributed by atoms with Crippen LogP contribution < -0.4 is 0 Å². The van der Waals surface area contributed by atoms with Gasteiger partial charge in [-0.15, -0.1) is 0 Å². The summed E-state index contributed by atoms with van der Waals surface area (Å²) in [5.41, 5.74) is 2.44. The van der Waals surface area contributed by atoms with Gasteiger partial charge in [0.1, 0.15) is 0 Å². The van der Waals surface area contributed by atoms with E-state index in [1.807, 2.05) is 42.5 Å². The topological polar surface area (TPSA) is 37.4 Å². The summed E-state index contributed by atoms with van der Waals surface area (Å²) in [6.45, 7) is 0.756. The number of Topliss-reactive ketones (excluding diaryl/α,β-unsaturated/α-hetero) is 1. The molecule has 0 fully saturated rings. The molecule has 0 saturated heterocycles. The summed E-state index contributed by atoms with van der Waals surface area (Å²) in [4.78, 5) is 26.2. The smallest absolute Gasteiger partial charge is 0.254 e. The first kappa shape index (κ1) is 12.6. The minimum absolute atomic E-state index is 0.0154. The van der Waals surface area contributed by atoms with Crippen LogP contribution in [0.1, 0.15) is 26.3 Å². The molecule has 0 radical (unpaired) electrons. The minimum atomic E-state index is -0.0452. The maximum atomic E-state index is 12.4. The lowest BCUT2D eigenvalue weighted by Gasteiger charge is -2.27. The van der Waals surface area contributed by atoms with Gasteiger partial charge >= 0.3 is 0 Å². The normalized spacial score (nSPS) is 14.0. The molecule has 1 aliphatic rings. The molecule has 3 heteroatoms. The summed E-state index contributed by atoms with van der Waals surface area (Å²) in [7, 11) is 0. The number of hydrogen-bond acceptors (Lipinski definition) is 2. The second-order valence-corrected chi connectivity index (χ2v) is 4.92. The molecule has 1 heterocycles. The second kappa shape index (κ2) is 5.29. The average molecular weight is 265 g/mol. The van der Waals surface area contributed by atoms with Gasteiger partial charge in [0, 0.05) is 17.7 Å². The Hall–Kier alpha value is -2.42. The van der Waals surface area contributed by atoms with Gasteiger partial charge in [-0.3, -0.25) is 9.59 Å². The predicted octanol–water partition coefficient (Wildman–Crippen LogP) is 2.57. The van der Waals surface area contributed by atoms with Crippen molar-refractivity contribution in [1.29, 1.82) is 0 Å². The van der Waals surface area contributed by atoms with Crippen LogP contribution in [0.5, 0.6) is 0 Å². The van der Waals surface area contributed by atoms with E-state index in [0.29, 0.717) is 12.1 Å². The lowest BCUT2D eigenvalue weighted by molar-refractivity contribution is 0.0696. The van der Waals surface area contributed by atoms with Gasteiger partial charge < -0.3 is 4.90 Å². The number of fused-ring (bicyclic) bond motifs is 1. The molecule has 0 aromatic heterocycles. The van der Waals surface area contributed by atoms with Gasteiger partial charge in [0.25, 0.3) is 5.91 Å². The highest BCUT2D eigenvalue weighted by Gasteiger charge is 2.25. The third-order valence-corrected chi connectivity index (χ3v) is 3.62. The fourth-order valence-electron chi connectivity index (χ4n) is 2.51. The van der Waals surface area contributed by atoms with Gasteiger partial charge in [0.15, 0.2) is 5.78 Å². The van der Waals surface area contributed by atoms with E-state index < -0.39 is 0 Å². The highest BCUT2D eigenvalue weighted by molar-refractivity contribution is 6.03. The molecule has 2 aromatic carbocycles. The summed E-state index contributed by atoms with van der Waals surface area (Å²) in [6, 6.07) is 16.7. The van der Waals surface area contributed by atoms with Gasteiger partial charge in [0.2, 0.25) is 0 Å². The molecule has 100 valence electrons. The van der Waals surface area contributed by atoms with Gasteiger partial charge in [-0.1, -0.05) is 48.5 Å². The van der Waals surface area contributed by atoms with Crippen molar-refractivity contribution >= 4 is 11.7 Å². The number of rotatable bonds is 3. The van der Waals surface area contributed by atoms with Crippen LogP contribution in [-0.4, -0.2) is 29.7 Å². The molecule has 0 N–H and O–H groups in total. The molecule has 0 atom stereocenters. The Balaban J connectivity index is 1.77. The minimum Gasteiger partial charge on any atom is -0.331 e. The summed E-state index contributed by atoms with van der Waals surface area (Å²) in [5.74, 6) is -0.0607. The number of hydrogen-bond donors (Lipinski definition) is 0. The number of carbonyl (C=O) groups is 2. The Kier molecular flexibility index (Phi) is 3.33. The quantitative estimate of drug-likeness (QED) is 0.800. The molecular formula is C17H15NO2. The second-order valence-electron chi connectivity index (χ2n) is 4.92. The molecule has 1 amide bonds. The van der Waals surface area contributed by atoms with Crippen molar-refractivity contribution in [1.82, 2.24) is 4.90 Å². The molecule has 1 aliphatic heterocycles. The summed E-state index contributed by atoms with van der Waals surface area (Å²) < 4.78 is 0. The first-order valence-electron chi connectivity index (χ1n) is 6.71. The number of nitrogens with zero attached hydrogens (tertiary/aromatic N) is 1. The molecule has 0 unspecified atom stereocenters. The Labute approximate surface area is 117 Å². The van der Waals surface area contributed by atoms with E-state index in [1.54, 1.807) is 17.0 Å². The molecule has 0 saturated carbocycles. The molecule has 0 aliphatic carbocycles. The lowest BCUT2D eigenvalue weighted by Crippen LogP contribution is -2.40. The summed E-state index contributed by atoms with van der Waals surface area (Å²) in [6.07, 6.45) is 0.810. The first-order chi connectivity index (χ1) is 9.75. The third-order valence-electron chi connectivity index (χ3n) is 3.62. The Morgan fingerprint density at radius 1 is 1.00 bits per heavy atom. The zero-order valence-corrected chi connectivity index (χ0v) is 11.1. The monoisotopic (exact) mass is 265 g/mol. The molecule has 3 rings (SSSR count). The van der Waals surface area contributed by atoms with Crippen molar-refractivity contribution in [2.75, 3.05) is 13.1 Å². The summed E-state index contributed by atoms with van der Waals surface area (Å²) in [5, 5.41) is 0. The fourth-order valence-corrected chi connectivity index (χ4v) is 2.51. The van der Waals surface area contributed by atoms with Crippen LogP contribution in [-0.2, 0) is 6.42 Å². The van der Waals surface area contributed by atoms with E-state index in [1.165, 1.54) is 0 Å². The van der Waals surface area contributed by atoms with Crippen LogP contribution >= 0.6 is 0 Å². The SMILES string of the molecule is O=C(CN1CCc2ccccc2C1=O)c1ccccc1. The number of carbonyl (C=O) groups excluding carboxylic acids is 2. The van der Waals surface area contributed by atoms with Crippen molar-refractivity contribution in [3.63, 3.8) is 0 Å². The van der Waals surface area contributed by atoms with E-state index in [0.717, 1.165) is 17.5 Å². The molecule has 0 bridgehead atoms. The van der Waals surface area contributed by atoms with Crippen molar-refractivity contribution in [3.8, 4) is 0 Å². The number of ketones is 1. The largest absolute Gasteiger partial charge is 0.331 e. The lowest BCUT2D eigenvalue weighted by atomic mass is 9.98. The number of benzene rings is 2. The highest BCUT2D eigenvalue weighted by Crippen LogP contribution is 2.18. The first-order valence-corrected chi connectivity index (χ1v) is 6.71. The molecule has 0 spiro atoms. The fraction of sp³-hybridized carbons (Fsp3) is 0.176. The standard InChI is InChI=1S/C17H15NO2/c19-16(14-7-2-1-3-8-14)12-18-11-10-13-6-4-5-9-15(13)17(18)20/h1-9H,10-12H2. The summed E-state index contributed by atoms with van der Waals surface area (Å²) >= 11 is 0. The third kappa shape index (κ3) is 2.35. The van der Waals surface area contributed by atoms with Crippen LogP contribution in [0, 0.1) is 0 Å². The molecular weight excluding hydrogens is 250 g/mol. The van der Waals surface area contributed by atoms with Gasteiger partial charge in [0.05, 0.1) is 6.54 Å². The average Bonchev–Trinajstić information content (AvgIpc) is 2.51. The van der Waals surface area contributed by atoms with Gasteiger partial charge in [-0.05, 0) is 18.1 Å². The number of amides is 1. The van der Waals surface area contributed by atoms with Gasteiger partial charge in [-0.25, -0.2) is 0 Å². The molecule has 2 aromatic rings. The predicted molar refractivity (Wildman–Crippen MR) is 76.8 cm³/mol. The van der Waals surface area contributed by atoms with Crippen molar-refractivity contribution in [2.45, 2.75) is 6.42 Å². The van der Waals surface area contributed by atoms with Crippen LogP contribution in [0.2, 0.25) is 0 Å². The zero-order valence-electron chi connectivity index (χ0n) is 11.1.